The Morgan fingerprint density at radius 2 is 1.80 bits per heavy atom. The Morgan fingerprint density at radius 1 is 0.967 bits per heavy atom. The summed E-state index contributed by atoms with van der Waals surface area (Å²) < 4.78 is 26.5. The zero-order valence-electron chi connectivity index (χ0n) is 16.5. The molecule has 4 nitrogen and oxygen atoms in total. The number of pyridine rings is 2. The van der Waals surface area contributed by atoms with Gasteiger partial charge in [-0.2, -0.15) is 0 Å². The van der Waals surface area contributed by atoms with Crippen molar-refractivity contribution in [2.75, 3.05) is 10.6 Å². The third-order valence-corrected chi connectivity index (χ3v) is 5.64. The van der Waals surface area contributed by atoms with E-state index in [1.54, 1.807) is 24.7 Å². The Bertz CT molecular complexity index is 1020. The van der Waals surface area contributed by atoms with Crippen molar-refractivity contribution in [2.24, 2.45) is 0 Å². The standard InChI is InChI=1S/C23H23ClF2N4/c24-20-14-29-23(30-17-4-2-1-3-5-17)10-19(20)16-9-18(13-27-12-16)28-11-15-6-7-21(25)22(26)8-15/h6-10,12-14,17,28H,1-5,11H2,(H,29,30). The second kappa shape index (κ2) is 9.39. The second-order valence-electron chi connectivity index (χ2n) is 7.59. The zero-order valence-corrected chi connectivity index (χ0v) is 17.2. The van der Waals surface area contributed by atoms with Crippen molar-refractivity contribution in [1.82, 2.24) is 9.97 Å². The van der Waals surface area contributed by atoms with Gasteiger partial charge >= 0.3 is 0 Å². The largest absolute Gasteiger partial charge is 0.380 e. The van der Waals surface area contributed by atoms with Crippen LogP contribution in [0.4, 0.5) is 20.3 Å². The van der Waals surface area contributed by atoms with Crippen LogP contribution in [-0.2, 0) is 6.54 Å². The van der Waals surface area contributed by atoms with Gasteiger partial charge in [-0.3, -0.25) is 4.98 Å². The van der Waals surface area contributed by atoms with E-state index in [1.807, 2.05) is 12.1 Å². The number of anilines is 2. The number of aromatic nitrogens is 2. The fraction of sp³-hybridized carbons (Fsp3) is 0.304. The fourth-order valence-corrected chi connectivity index (χ4v) is 3.94. The van der Waals surface area contributed by atoms with Crippen LogP contribution in [0, 0.1) is 11.6 Å². The molecule has 2 aromatic heterocycles. The lowest BCUT2D eigenvalue weighted by Gasteiger charge is -2.23. The molecule has 1 aliphatic carbocycles. The van der Waals surface area contributed by atoms with Crippen LogP contribution < -0.4 is 10.6 Å². The highest BCUT2D eigenvalue weighted by molar-refractivity contribution is 6.33. The average molecular weight is 429 g/mol. The van der Waals surface area contributed by atoms with E-state index in [9.17, 15) is 8.78 Å². The Kier molecular flexibility index (Phi) is 6.43. The lowest BCUT2D eigenvalue weighted by atomic mass is 9.95. The Labute approximate surface area is 179 Å². The summed E-state index contributed by atoms with van der Waals surface area (Å²) in [6.45, 7) is 0.348. The summed E-state index contributed by atoms with van der Waals surface area (Å²) >= 11 is 6.42. The lowest BCUT2D eigenvalue weighted by Crippen LogP contribution is -2.22. The predicted molar refractivity (Wildman–Crippen MR) is 117 cm³/mol. The van der Waals surface area contributed by atoms with Crippen LogP contribution in [0.15, 0.2) is 48.9 Å². The van der Waals surface area contributed by atoms with Crippen LogP contribution >= 0.6 is 11.6 Å². The van der Waals surface area contributed by atoms with Crippen molar-refractivity contribution in [3.63, 3.8) is 0 Å². The van der Waals surface area contributed by atoms with E-state index in [2.05, 4.69) is 20.6 Å². The summed E-state index contributed by atoms with van der Waals surface area (Å²) in [4.78, 5) is 8.72. The molecule has 0 radical (unpaired) electrons. The highest BCUT2D eigenvalue weighted by Crippen LogP contribution is 2.31. The minimum atomic E-state index is -0.859. The summed E-state index contributed by atoms with van der Waals surface area (Å²) in [5.74, 6) is -0.906. The maximum absolute atomic E-state index is 13.4. The second-order valence-corrected chi connectivity index (χ2v) is 8.00. The third kappa shape index (κ3) is 5.05. The molecule has 0 saturated heterocycles. The molecule has 0 atom stereocenters. The monoisotopic (exact) mass is 428 g/mol. The quantitative estimate of drug-likeness (QED) is 0.474. The van der Waals surface area contributed by atoms with Crippen LogP contribution in [0.1, 0.15) is 37.7 Å². The van der Waals surface area contributed by atoms with Gasteiger partial charge in [0.1, 0.15) is 5.82 Å². The number of benzene rings is 1. The molecule has 7 heteroatoms. The first kappa shape index (κ1) is 20.5. The van der Waals surface area contributed by atoms with Gasteiger partial charge in [0.15, 0.2) is 11.6 Å². The molecule has 0 bridgehead atoms. The van der Waals surface area contributed by atoms with Crippen LogP contribution in [-0.4, -0.2) is 16.0 Å². The summed E-state index contributed by atoms with van der Waals surface area (Å²) in [7, 11) is 0. The van der Waals surface area contributed by atoms with Gasteiger partial charge in [0.25, 0.3) is 0 Å². The van der Waals surface area contributed by atoms with Crippen molar-refractivity contribution in [3.8, 4) is 11.1 Å². The van der Waals surface area contributed by atoms with Crippen molar-refractivity contribution < 1.29 is 8.78 Å². The number of rotatable bonds is 6. The summed E-state index contributed by atoms with van der Waals surface area (Å²) in [5, 5.41) is 7.25. The molecule has 0 amide bonds. The molecule has 2 heterocycles. The lowest BCUT2D eigenvalue weighted by molar-refractivity contribution is 0.462. The predicted octanol–water partition coefficient (Wildman–Crippen LogP) is 6.43. The van der Waals surface area contributed by atoms with Gasteiger partial charge in [0, 0.05) is 42.3 Å². The molecule has 1 aliphatic rings. The normalized spacial score (nSPS) is 14.5. The Balaban J connectivity index is 1.49. The van der Waals surface area contributed by atoms with Crippen LogP contribution in [0.2, 0.25) is 5.02 Å². The molecule has 1 fully saturated rings. The van der Waals surface area contributed by atoms with Crippen molar-refractivity contribution >= 4 is 23.1 Å². The Morgan fingerprint density at radius 3 is 2.60 bits per heavy atom. The maximum atomic E-state index is 13.4. The van der Waals surface area contributed by atoms with E-state index >= 15 is 0 Å². The highest BCUT2D eigenvalue weighted by atomic mass is 35.5. The van der Waals surface area contributed by atoms with Gasteiger partial charge < -0.3 is 10.6 Å². The Hall–Kier alpha value is -2.73. The molecule has 2 N–H and O–H groups in total. The van der Waals surface area contributed by atoms with Crippen molar-refractivity contribution in [2.45, 2.75) is 44.7 Å². The van der Waals surface area contributed by atoms with Crippen molar-refractivity contribution in [3.05, 3.63) is 71.1 Å². The first-order valence-corrected chi connectivity index (χ1v) is 10.5. The van der Waals surface area contributed by atoms with Crippen molar-refractivity contribution in [1.29, 1.82) is 0 Å². The SMILES string of the molecule is Fc1ccc(CNc2cncc(-c3cc(NC4CCCCC4)ncc3Cl)c2)cc1F. The molecule has 30 heavy (non-hydrogen) atoms. The fourth-order valence-electron chi connectivity index (χ4n) is 3.73. The van der Waals surface area contributed by atoms with Gasteiger partial charge in [0.2, 0.25) is 0 Å². The van der Waals surface area contributed by atoms with E-state index in [0.717, 1.165) is 41.5 Å². The van der Waals surface area contributed by atoms with Gasteiger partial charge in [0.05, 0.1) is 10.7 Å². The van der Waals surface area contributed by atoms with Crippen LogP contribution in [0.25, 0.3) is 11.1 Å². The number of hydrogen-bond acceptors (Lipinski definition) is 4. The van der Waals surface area contributed by atoms with Gasteiger partial charge in [-0.1, -0.05) is 36.9 Å². The van der Waals surface area contributed by atoms with E-state index in [4.69, 9.17) is 11.6 Å². The first-order chi connectivity index (χ1) is 14.6. The summed E-state index contributed by atoms with van der Waals surface area (Å²) in [5.41, 5.74) is 3.09. The number of nitrogens with one attached hydrogen (secondary N) is 2. The topological polar surface area (TPSA) is 49.8 Å². The molecular formula is C23H23ClF2N4. The molecule has 1 aromatic carbocycles. The molecular weight excluding hydrogens is 406 g/mol. The van der Waals surface area contributed by atoms with Gasteiger partial charge in [-0.25, -0.2) is 13.8 Å². The number of nitrogens with zero attached hydrogens (tertiary/aromatic N) is 2. The number of hydrogen-bond donors (Lipinski definition) is 2. The molecule has 156 valence electrons. The van der Waals surface area contributed by atoms with E-state index in [1.165, 1.54) is 25.3 Å². The molecule has 0 unspecified atom stereocenters. The van der Waals surface area contributed by atoms with Crippen LogP contribution in [0.5, 0.6) is 0 Å². The smallest absolute Gasteiger partial charge is 0.159 e. The molecule has 0 aliphatic heterocycles. The molecule has 0 spiro atoms. The highest BCUT2D eigenvalue weighted by Gasteiger charge is 2.15. The first-order valence-electron chi connectivity index (χ1n) is 10.1. The van der Waals surface area contributed by atoms with E-state index < -0.39 is 11.6 Å². The van der Waals surface area contributed by atoms with E-state index in [0.29, 0.717) is 23.2 Å². The minimum Gasteiger partial charge on any atom is -0.380 e. The number of halogens is 3. The maximum Gasteiger partial charge on any atom is 0.159 e. The molecule has 3 aromatic rings. The molecule has 4 rings (SSSR count). The summed E-state index contributed by atoms with van der Waals surface area (Å²) in [6.07, 6.45) is 11.2. The van der Waals surface area contributed by atoms with Gasteiger partial charge in [-0.05, 0) is 42.7 Å². The third-order valence-electron chi connectivity index (χ3n) is 5.34. The van der Waals surface area contributed by atoms with E-state index in [-0.39, 0.29) is 0 Å². The zero-order chi connectivity index (χ0) is 20.9. The molecule has 1 saturated carbocycles. The average Bonchev–Trinajstić information content (AvgIpc) is 2.77. The minimum absolute atomic E-state index is 0.348. The summed E-state index contributed by atoms with van der Waals surface area (Å²) in [6, 6.07) is 8.18. The van der Waals surface area contributed by atoms with Gasteiger partial charge in [-0.15, -0.1) is 0 Å². The van der Waals surface area contributed by atoms with Crippen LogP contribution in [0.3, 0.4) is 0 Å².